The van der Waals surface area contributed by atoms with E-state index in [2.05, 4.69) is 26.6 Å². The first-order chi connectivity index (χ1) is 10.6. The predicted octanol–water partition coefficient (Wildman–Crippen LogP) is 4.26. The van der Waals surface area contributed by atoms with Crippen LogP contribution in [0, 0.1) is 0 Å². The molecular formula is C17H18BrClN2O. The normalized spacial score (nSPS) is 10.5. The summed E-state index contributed by atoms with van der Waals surface area (Å²) in [7, 11) is 0. The fraction of sp³-hybridized carbons (Fsp3) is 0.235. The summed E-state index contributed by atoms with van der Waals surface area (Å²) in [5.41, 5.74) is 1.99. The quantitative estimate of drug-likeness (QED) is 0.704. The zero-order valence-corrected chi connectivity index (χ0v) is 14.5. The molecule has 0 unspecified atom stereocenters. The van der Waals surface area contributed by atoms with Crippen molar-refractivity contribution in [2.45, 2.75) is 12.8 Å². The lowest BCUT2D eigenvalue weighted by atomic mass is 10.1. The molecule has 0 aliphatic rings. The minimum atomic E-state index is 0.00200. The van der Waals surface area contributed by atoms with Gasteiger partial charge in [0.25, 0.3) is 0 Å². The van der Waals surface area contributed by atoms with Crippen molar-refractivity contribution in [1.82, 2.24) is 5.32 Å². The van der Waals surface area contributed by atoms with E-state index in [0.717, 1.165) is 28.1 Å². The van der Waals surface area contributed by atoms with Crippen molar-refractivity contribution < 1.29 is 4.79 Å². The van der Waals surface area contributed by atoms with Crippen LogP contribution in [0.1, 0.15) is 12.0 Å². The van der Waals surface area contributed by atoms with Crippen LogP contribution in [-0.2, 0) is 11.2 Å². The summed E-state index contributed by atoms with van der Waals surface area (Å²) >= 11 is 9.35. The zero-order chi connectivity index (χ0) is 15.8. The van der Waals surface area contributed by atoms with Gasteiger partial charge in [0.2, 0.25) is 5.91 Å². The highest BCUT2D eigenvalue weighted by Gasteiger charge is 2.04. The second-order valence-corrected chi connectivity index (χ2v) is 6.20. The smallest absolute Gasteiger partial charge is 0.225 e. The lowest BCUT2D eigenvalue weighted by molar-refractivity contribution is -0.116. The SMILES string of the molecule is O=C(CCNCCc1cccc(Cl)c1)Nc1ccccc1Br. The molecule has 5 heteroatoms. The van der Waals surface area contributed by atoms with Crippen LogP contribution in [0.5, 0.6) is 0 Å². The van der Waals surface area contributed by atoms with Gasteiger partial charge in [0.15, 0.2) is 0 Å². The van der Waals surface area contributed by atoms with Crippen molar-refractivity contribution in [3.05, 3.63) is 63.6 Å². The molecule has 0 heterocycles. The number of nitrogens with one attached hydrogen (secondary N) is 2. The van der Waals surface area contributed by atoms with Crippen LogP contribution in [-0.4, -0.2) is 19.0 Å². The molecule has 2 aromatic carbocycles. The van der Waals surface area contributed by atoms with E-state index in [1.807, 2.05) is 48.5 Å². The molecule has 0 fully saturated rings. The van der Waals surface area contributed by atoms with E-state index in [1.165, 1.54) is 5.56 Å². The Balaban J connectivity index is 1.64. The number of carbonyl (C=O) groups is 1. The van der Waals surface area contributed by atoms with Crippen LogP contribution in [0.15, 0.2) is 53.0 Å². The van der Waals surface area contributed by atoms with Crippen LogP contribution in [0.3, 0.4) is 0 Å². The molecule has 0 aliphatic heterocycles. The van der Waals surface area contributed by atoms with E-state index in [9.17, 15) is 4.79 Å². The highest BCUT2D eigenvalue weighted by molar-refractivity contribution is 9.10. The van der Waals surface area contributed by atoms with Gasteiger partial charge in [-0.25, -0.2) is 0 Å². The molecule has 0 atom stereocenters. The van der Waals surface area contributed by atoms with Gasteiger partial charge in [0.05, 0.1) is 5.69 Å². The van der Waals surface area contributed by atoms with Gasteiger partial charge in [-0.05, 0) is 58.7 Å². The first-order valence-electron chi connectivity index (χ1n) is 7.15. The van der Waals surface area contributed by atoms with Crippen LogP contribution in [0.4, 0.5) is 5.69 Å². The van der Waals surface area contributed by atoms with Crippen LogP contribution in [0.25, 0.3) is 0 Å². The van der Waals surface area contributed by atoms with Gasteiger partial charge in [-0.1, -0.05) is 35.9 Å². The lowest BCUT2D eigenvalue weighted by Crippen LogP contribution is -2.23. The molecule has 2 N–H and O–H groups in total. The second-order valence-electron chi connectivity index (χ2n) is 4.91. The van der Waals surface area contributed by atoms with Crippen molar-refractivity contribution >= 4 is 39.1 Å². The summed E-state index contributed by atoms with van der Waals surface area (Å²) in [5.74, 6) is 0.00200. The minimum Gasteiger partial charge on any atom is -0.325 e. The number of halogens is 2. The number of rotatable bonds is 7. The number of hydrogen-bond acceptors (Lipinski definition) is 2. The van der Waals surface area contributed by atoms with Gasteiger partial charge in [-0.2, -0.15) is 0 Å². The van der Waals surface area contributed by atoms with Crippen LogP contribution >= 0.6 is 27.5 Å². The molecule has 0 spiro atoms. The van der Waals surface area contributed by atoms with Gasteiger partial charge in [0.1, 0.15) is 0 Å². The first-order valence-corrected chi connectivity index (χ1v) is 8.32. The molecular weight excluding hydrogens is 364 g/mol. The summed E-state index contributed by atoms with van der Waals surface area (Å²) < 4.78 is 0.886. The van der Waals surface area contributed by atoms with Crippen molar-refractivity contribution in [2.24, 2.45) is 0 Å². The van der Waals surface area contributed by atoms with Crippen molar-refractivity contribution in [3.8, 4) is 0 Å². The maximum Gasteiger partial charge on any atom is 0.225 e. The fourth-order valence-electron chi connectivity index (χ4n) is 2.03. The molecule has 2 rings (SSSR count). The Morgan fingerprint density at radius 2 is 1.91 bits per heavy atom. The topological polar surface area (TPSA) is 41.1 Å². The molecule has 2 aromatic rings. The van der Waals surface area contributed by atoms with Crippen molar-refractivity contribution in [3.63, 3.8) is 0 Å². The first kappa shape index (κ1) is 17.0. The largest absolute Gasteiger partial charge is 0.325 e. The zero-order valence-electron chi connectivity index (χ0n) is 12.1. The highest BCUT2D eigenvalue weighted by atomic mass is 79.9. The molecule has 0 saturated carbocycles. The predicted molar refractivity (Wildman–Crippen MR) is 95.4 cm³/mol. The van der Waals surface area contributed by atoms with Gasteiger partial charge in [-0.15, -0.1) is 0 Å². The molecule has 116 valence electrons. The summed E-state index contributed by atoms with van der Waals surface area (Å²) in [6.07, 6.45) is 1.34. The maximum atomic E-state index is 11.9. The monoisotopic (exact) mass is 380 g/mol. The molecule has 3 nitrogen and oxygen atoms in total. The Kier molecular flexibility index (Phi) is 6.90. The third kappa shape index (κ3) is 5.79. The Labute approximate surface area is 144 Å². The molecule has 0 bridgehead atoms. The molecule has 0 radical (unpaired) electrons. The maximum absolute atomic E-state index is 11.9. The van der Waals surface area contributed by atoms with E-state index in [4.69, 9.17) is 11.6 Å². The number of benzene rings is 2. The second kappa shape index (κ2) is 8.93. The molecule has 0 aromatic heterocycles. The van der Waals surface area contributed by atoms with Crippen molar-refractivity contribution in [1.29, 1.82) is 0 Å². The number of amides is 1. The average Bonchev–Trinajstić information content (AvgIpc) is 2.49. The Morgan fingerprint density at radius 3 is 2.68 bits per heavy atom. The number of carbonyl (C=O) groups excluding carboxylic acids is 1. The lowest BCUT2D eigenvalue weighted by Gasteiger charge is -2.08. The van der Waals surface area contributed by atoms with Gasteiger partial charge < -0.3 is 10.6 Å². The molecule has 0 saturated heterocycles. The third-order valence-corrected chi connectivity index (χ3v) is 4.08. The summed E-state index contributed by atoms with van der Waals surface area (Å²) in [4.78, 5) is 11.9. The van der Waals surface area contributed by atoms with Gasteiger partial charge >= 0.3 is 0 Å². The third-order valence-electron chi connectivity index (χ3n) is 3.16. The van der Waals surface area contributed by atoms with E-state index in [0.29, 0.717) is 13.0 Å². The van der Waals surface area contributed by atoms with Crippen molar-refractivity contribution in [2.75, 3.05) is 18.4 Å². The van der Waals surface area contributed by atoms with Gasteiger partial charge in [-0.3, -0.25) is 4.79 Å². The Hall–Kier alpha value is -1.36. The van der Waals surface area contributed by atoms with Crippen LogP contribution in [0.2, 0.25) is 5.02 Å². The molecule has 0 aliphatic carbocycles. The molecule has 1 amide bonds. The fourth-order valence-corrected chi connectivity index (χ4v) is 2.62. The highest BCUT2D eigenvalue weighted by Crippen LogP contribution is 2.21. The Bertz CT molecular complexity index is 634. The Morgan fingerprint density at radius 1 is 1.09 bits per heavy atom. The van der Waals surface area contributed by atoms with E-state index in [-0.39, 0.29) is 5.91 Å². The summed E-state index contributed by atoms with van der Waals surface area (Å²) in [5, 5.41) is 6.91. The van der Waals surface area contributed by atoms with Crippen LogP contribution < -0.4 is 10.6 Å². The standard InChI is InChI=1S/C17H18BrClN2O/c18-15-6-1-2-7-16(15)21-17(22)9-11-20-10-8-13-4-3-5-14(19)12-13/h1-7,12,20H,8-11H2,(H,21,22). The van der Waals surface area contributed by atoms with E-state index < -0.39 is 0 Å². The summed E-state index contributed by atoms with van der Waals surface area (Å²) in [6, 6.07) is 15.4. The minimum absolute atomic E-state index is 0.00200. The molecule has 22 heavy (non-hydrogen) atoms. The number of anilines is 1. The number of para-hydroxylation sites is 1. The average molecular weight is 382 g/mol. The van der Waals surface area contributed by atoms with E-state index in [1.54, 1.807) is 0 Å². The summed E-state index contributed by atoms with van der Waals surface area (Å²) in [6.45, 7) is 1.47. The van der Waals surface area contributed by atoms with Gasteiger partial charge in [0, 0.05) is 22.5 Å². The van der Waals surface area contributed by atoms with E-state index >= 15 is 0 Å². The number of hydrogen-bond donors (Lipinski definition) is 2.